The number of sulfonamides is 1. The number of nitrogens with one attached hydrogen (secondary N) is 1. The highest BCUT2D eigenvalue weighted by Gasteiger charge is 2.13. The molecule has 1 aromatic carbocycles. The summed E-state index contributed by atoms with van der Waals surface area (Å²) in [6, 6.07) is 9.59. The van der Waals surface area contributed by atoms with E-state index in [9.17, 15) is 13.2 Å². The van der Waals surface area contributed by atoms with Gasteiger partial charge in [-0.25, -0.2) is 13.1 Å². The average molecular weight is 304 g/mol. The van der Waals surface area contributed by atoms with Gasteiger partial charge in [0, 0.05) is 24.5 Å². The summed E-state index contributed by atoms with van der Waals surface area (Å²) in [5.74, 6) is -0.0940. The van der Waals surface area contributed by atoms with Crippen molar-refractivity contribution in [2.45, 2.75) is 18.2 Å². The van der Waals surface area contributed by atoms with Gasteiger partial charge in [-0.1, -0.05) is 18.2 Å². The molecule has 0 aliphatic carbocycles. The third kappa shape index (κ3) is 4.21. The van der Waals surface area contributed by atoms with Crippen LogP contribution in [0, 0.1) is 0 Å². The van der Waals surface area contributed by atoms with Crippen molar-refractivity contribution in [1.82, 2.24) is 9.71 Å². The fourth-order valence-corrected chi connectivity index (χ4v) is 2.86. The number of hydrogen-bond donors (Lipinski definition) is 1. The molecule has 2 rings (SSSR count). The Morgan fingerprint density at radius 3 is 2.48 bits per heavy atom. The molecule has 1 heterocycles. The summed E-state index contributed by atoms with van der Waals surface area (Å²) in [5.41, 5.74) is 1.46. The normalized spacial score (nSPS) is 11.3. The fourth-order valence-electron chi connectivity index (χ4n) is 1.83. The molecule has 0 radical (unpaired) electrons. The number of hydrogen-bond acceptors (Lipinski definition) is 4. The number of Topliss-reactive ketones (excluding diaryl/α,β-unsaturated/α-hetero) is 1. The number of ketones is 1. The van der Waals surface area contributed by atoms with Gasteiger partial charge in [-0.3, -0.25) is 9.78 Å². The maximum Gasteiger partial charge on any atom is 0.240 e. The summed E-state index contributed by atoms with van der Waals surface area (Å²) >= 11 is 0. The van der Waals surface area contributed by atoms with Gasteiger partial charge >= 0.3 is 0 Å². The molecule has 5 nitrogen and oxygen atoms in total. The summed E-state index contributed by atoms with van der Waals surface area (Å²) in [6.45, 7) is 1.73. The van der Waals surface area contributed by atoms with Crippen LogP contribution in [0.2, 0.25) is 0 Å². The first-order chi connectivity index (χ1) is 9.99. The highest BCUT2D eigenvalue weighted by atomic mass is 32.2. The molecule has 2 aromatic rings. The number of rotatable bonds is 6. The Morgan fingerprint density at radius 1 is 1.19 bits per heavy atom. The number of aromatic nitrogens is 1. The number of carbonyl (C=O) groups excluding carboxylic acids is 1. The quantitative estimate of drug-likeness (QED) is 0.826. The van der Waals surface area contributed by atoms with E-state index < -0.39 is 10.0 Å². The first-order valence-corrected chi connectivity index (χ1v) is 7.97. The van der Waals surface area contributed by atoms with Crippen LogP contribution in [0.4, 0.5) is 0 Å². The first-order valence-electron chi connectivity index (χ1n) is 6.48. The second kappa shape index (κ2) is 6.60. The summed E-state index contributed by atoms with van der Waals surface area (Å²) in [4.78, 5) is 15.3. The van der Waals surface area contributed by atoms with E-state index in [2.05, 4.69) is 9.71 Å². The molecule has 1 N–H and O–H groups in total. The molecule has 0 spiro atoms. The molecule has 0 aliphatic heterocycles. The third-order valence-electron chi connectivity index (χ3n) is 3.00. The zero-order chi connectivity index (χ0) is 15.3. The number of nitrogens with zero attached hydrogens (tertiary/aromatic N) is 1. The van der Waals surface area contributed by atoms with Gasteiger partial charge < -0.3 is 0 Å². The van der Waals surface area contributed by atoms with E-state index in [0.717, 1.165) is 5.56 Å². The monoisotopic (exact) mass is 304 g/mol. The lowest BCUT2D eigenvalue weighted by molar-refractivity contribution is 0.101. The van der Waals surface area contributed by atoms with Gasteiger partial charge in [-0.2, -0.15) is 0 Å². The molecule has 21 heavy (non-hydrogen) atoms. The van der Waals surface area contributed by atoms with E-state index in [1.807, 2.05) is 12.1 Å². The van der Waals surface area contributed by atoms with Gasteiger partial charge in [0.1, 0.15) is 0 Å². The average Bonchev–Trinajstić information content (AvgIpc) is 2.48. The van der Waals surface area contributed by atoms with Crippen molar-refractivity contribution in [3.63, 3.8) is 0 Å². The molecule has 0 atom stereocenters. The van der Waals surface area contributed by atoms with E-state index >= 15 is 0 Å². The Kier molecular flexibility index (Phi) is 4.82. The standard InChI is InChI=1S/C15H16N2O3S/c1-12(18)14-4-6-15(7-5-14)21(19,20)17-10-8-13-3-2-9-16-11-13/h2-7,9,11,17H,8,10H2,1H3. The largest absolute Gasteiger partial charge is 0.295 e. The van der Waals surface area contributed by atoms with Crippen LogP contribution in [0.5, 0.6) is 0 Å². The first kappa shape index (κ1) is 15.3. The van der Waals surface area contributed by atoms with Gasteiger partial charge in [0.2, 0.25) is 10.0 Å². The maximum absolute atomic E-state index is 12.1. The van der Waals surface area contributed by atoms with E-state index in [-0.39, 0.29) is 10.7 Å². The molecule has 0 fully saturated rings. The van der Waals surface area contributed by atoms with Crippen molar-refractivity contribution in [3.05, 3.63) is 59.9 Å². The van der Waals surface area contributed by atoms with Crippen LogP contribution in [0.25, 0.3) is 0 Å². The van der Waals surface area contributed by atoms with Gasteiger partial charge in [-0.05, 0) is 37.1 Å². The van der Waals surface area contributed by atoms with E-state index in [4.69, 9.17) is 0 Å². The number of carbonyl (C=O) groups is 1. The highest BCUT2D eigenvalue weighted by molar-refractivity contribution is 7.89. The van der Waals surface area contributed by atoms with Crippen LogP contribution in [0.1, 0.15) is 22.8 Å². The van der Waals surface area contributed by atoms with Crippen molar-refractivity contribution in [2.24, 2.45) is 0 Å². The van der Waals surface area contributed by atoms with Crippen LogP contribution >= 0.6 is 0 Å². The zero-order valence-corrected chi connectivity index (χ0v) is 12.4. The smallest absolute Gasteiger partial charge is 0.240 e. The summed E-state index contributed by atoms with van der Waals surface area (Å²) in [5, 5.41) is 0. The minimum Gasteiger partial charge on any atom is -0.295 e. The van der Waals surface area contributed by atoms with Crippen molar-refractivity contribution >= 4 is 15.8 Å². The predicted molar refractivity (Wildman–Crippen MR) is 79.6 cm³/mol. The Balaban J connectivity index is 2.00. The second-order valence-corrected chi connectivity index (χ2v) is 6.36. The Labute approximate surface area is 124 Å². The fraction of sp³-hybridized carbons (Fsp3) is 0.200. The minimum absolute atomic E-state index is 0.0940. The molecule has 0 aliphatic rings. The SMILES string of the molecule is CC(=O)c1ccc(S(=O)(=O)NCCc2cccnc2)cc1. The highest BCUT2D eigenvalue weighted by Crippen LogP contribution is 2.11. The van der Waals surface area contributed by atoms with Gasteiger partial charge in [-0.15, -0.1) is 0 Å². The predicted octanol–water partition coefficient (Wildman–Crippen LogP) is 1.81. The number of benzene rings is 1. The Morgan fingerprint density at radius 2 is 1.90 bits per heavy atom. The maximum atomic E-state index is 12.1. The number of pyridine rings is 1. The molecule has 0 saturated carbocycles. The molecular weight excluding hydrogens is 288 g/mol. The molecule has 0 saturated heterocycles. The van der Waals surface area contributed by atoms with Crippen LogP contribution in [0.15, 0.2) is 53.7 Å². The lowest BCUT2D eigenvalue weighted by Gasteiger charge is -2.07. The molecule has 110 valence electrons. The molecule has 0 unspecified atom stereocenters. The van der Waals surface area contributed by atoms with E-state index in [1.165, 1.54) is 31.2 Å². The lowest BCUT2D eigenvalue weighted by Crippen LogP contribution is -2.26. The summed E-state index contributed by atoms with van der Waals surface area (Å²) in [7, 11) is -3.55. The molecule has 6 heteroatoms. The Bertz CT molecular complexity index is 710. The van der Waals surface area contributed by atoms with Crippen molar-refractivity contribution in [2.75, 3.05) is 6.54 Å². The lowest BCUT2D eigenvalue weighted by atomic mass is 10.2. The second-order valence-electron chi connectivity index (χ2n) is 4.59. The van der Waals surface area contributed by atoms with Crippen LogP contribution in [-0.4, -0.2) is 25.7 Å². The molecule has 0 amide bonds. The van der Waals surface area contributed by atoms with Crippen molar-refractivity contribution in [1.29, 1.82) is 0 Å². The Hall–Kier alpha value is -2.05. The van der Waals surface area contributed by atoms with Crippen LogP contribution < -0.4 is 4.72 Å². The summed E-state index contributed by atoms with van der Waals surface area (Å²) < 4.78 is 26.7. The molecule has 1 aromatic heterocycles. The molecule has 0 bridgehead atoms. The van der Waals surface area contributed by atoms with E-state index in [1.54, 1.807) is 12.4 Å². The van der Waals surface area contributed by atoms with Crippen LogP contribution in [0.3, 0.4) is 0 Å². The van der Waals surface area contributed by atoms with Gasteiger partial charge in [0.05, 0.1) is 4.90 Å². The third-order valence-corrected chi connectivity index (χ3v) is 4.48. The van der Waals surface area contributed by atoms with E-state index in [0.29, 0.717) is 18.5 Å². The topological polar surface area (TPSA) is 76.1 Å². The minimum atomic E-state index is -3.55. The van der Waals surface area contributed by atoms with Gasteiger partial charge in [0.15, 0.2) is 5.78 Å². The van der Waals surface area contributed by atoms with Gasteiger partial charge in [0.25, 0.3) is 0 Å². The van der Waals surface area contributed by atoms with Crippen molar-refractivity contribution < 1.29 is 13.2 Å². The summed E-state index contributed by atoms with van der Waals surface area (Å²) in [6.07, 6.45) is 3.94. The zero-order valence-electron chi connectivity index (χ0n) is 11.6. The van der Waals surface area contributed by atoms with Crippen molar-refractivity contribution in [3.8, 4) is 0 Å². The molecular formula is C15H16N2O3S. The van der Waals surface area contributed by atoms with Crippen LogP contribution in [-0.2, 0) is 16.4 Å².